The zero-order valence-corrected chi connectivity index (χ0v) is 21.5. The first-order valence-electron chi connectivity index (χ1n) is 12.4. The van der Waals surface area contributed by atoms with Gasteiger partial charge in [0.25, 0.3) is 0 Å². The van der Waals surface area contributed by atoms with Crippen molar-refractivity contribution in [1.29, 1.82) is 0 Å². The molecular formula is C34H33F. The summed E-state index contributed by atoms with van der Waals surface area (Å²) in [6.45, 7) is 13.2. The van der Waals surface area contributed by atoms with Crippen LogP contribution < -0.4 is 0 Å². The molecule has 0 fully saturated rings. The summed E-state index contributed by atoms with van der Waals surface area (Å²) in [5.74, 6) is -0.183. The molecule has 0 aliphatic rings. The average Bonchev–Trinajstić information content (AvgIpc) is 2.81. The fourth-order valence-electron chi connectivity index (χ4n) is 5.07. The second-order valence-electron chi connectivity index (χ2n) is 11.7. The summed E-state index contributed by atoms with van der Waals surface area (Å²) in [4.78, 5) is 0. The zero-order valence-electron chi connectivity index (χ0n) is 21.5. The van der Waals surface area contributed by atoms with Gasteiger partial charge in [0.05, 0.1) is 0 Å². The maximum Gasteiger partial charge on any atom is 0.124 e. The summed E-state index contributed by atoms with van der Waals surface area (Å²) < 4.78 is 14.7. The quantitative estimate of drug-likeness (QED) is 0.246. The molecular weight excluding hydrogens is 427 g/mol. The molecule has 0 saturated heterocycles. The van der Waals surface area contributed by atoms with Gasteiger partial charge in [-0.3, -0.25) is 0 Å². The van der Waals surface area contributed by atoms with Crippen molar-refractivity contribution in [2.24, 2.45) is 0 Å². The molecule has 0 heterocycles. The molecule has 0 radical (unpaired) electrons. The van der Waals surface area contributed by atoms with Crippen molar-refractivity contribution in [2.75, 3.05) is 0 Å². The summed E-state index contributed by atoms with van der Waals surface area (Å²) in [6, 6.07) is 31.7. The Balaban J connectivity index is 1.80. The van der Waals surface area contributed by atoms with Crippen LogP contribution in [0.25, 0.3) is 43.8 Å². The lowest BCUT2D eigenvalue weighted by Gasteiger charge is -2.23. The second-order valence-corrected chi connectivity index (χ2v) is 11.7. The second kappa shape index (κ2) is 8.34. The van der Waals surface area contributed by atoms with Crippen molar-refractivity contribution < 1.29 is 4.39 Å². The number of hydrogen-bond acceptors (Lipinski definition) is 0. The summed E-state index contributed by atoms with van der Waals surface area (Å²) >= 11 is 0. The summed E-state index contributed by atoms with van der Waals surface area (Å²) in [5, 5.41) is 4.52. The smallest absolute Gasteiger partial charge is 0.124 e. The monoisotopic (exact) mass is 460 g/mol. The van der Waals surface area contributed by atoms with E-state index in [1.807, 2.05) is 0 Å². The van der Waals surface area contributed by atoms with Gasteiger partial charge in [0.15, 0.2) is 0 Å². The molecule has 176 valence electrons. The standard InChI is InChI=1S/C34H33F/c1-33(2,3)25-15-17-30(29-13-9-11-22-10-7-8-12-27(22)29)31(20-25)23-14-16-28-24(18-23)19-26(35)21-32(28)34(4,5)6/h7-21H,1-6H3. The van der Waals surface area contributed by atoms with E-state index in [4.69, 9.17) is 0 Å². The predicted octanol–water partition coefficient (Wildman–Crippen LogP) is 10.1. The minimum atomic E-state index is -0.183. The molecule has 0 aliphatic carbocycles. The van der Waals surface area contributed by atoms with Crippen molar-refractivity contribution in [3.05, 3.63) is 108 Å². The molecule has 0 aliphatic heterocycles. The molecule has 5 aromatic rings. The van der Waals surface area contributed by atoms with Crippen molar-refractivity contribution in [2.45, 2.75) is 52.4 Å². The molecule has 0 aromatic heterocycles. The minimum Gasteiger partial charge on any atom is -0.207 e. The Hall–Kier alpha value is -3.45. The van der Waals surface area contributed by atoms with E-state index in [0.717, 1.165) is 21.9 Å². The first-order chi connectivity index (χ1) is 16.5. The Morgan fingerprint density at radius 1 is 0.514 bits per heavy atom. The molecule has 0 nitrogen and oxygen atoms in total. The van der Waals surface area contributed by atoms with Gasteiger partial charge in [0.2, 0.25) is 0 Å². The SMILES string of the molecule is CC(C)(C)c1ccc(-c2cccc3ccccc23)c(-c2ccc3c(C(C)(C)C)cc(F)cc3c2)c1. The molecule has 0 bridgehead atoms. The highest BCUT2D eigenvalue weighted by molar-refractivity contribution is 6.01. The van der Waals surface area contributed by atoms with Gasteiger partial charge in [-0.2, -0.15) is 0 Å². The molecule has 0 spiro atoms. The van der Waals surface area contributed by atoms with E-state index in [1.54, 1.807) is 12.1 Å². The Bertz CT molecular complexity index is 1550. The fraction of sp³-hybridized carbons (Fsp3) is 0.235. The van der Waals surface area contributed by atoms with Crippen LogP contribution in [0.3, 0.4) is 0 Å². The van der Waals surface area contributed by atoms with Gasteiger partial charge in [-0.25, -0.2) is 4.39 Å². The lowest BCUT2D eigenvalue weighted by atomic mass is 9.81. The third-order valence-electron chi connectivity index (χ3n) is 7.00. The van der Waals surface area contributed by atoms with Gasteiger partial charge < -0.3 is 0 Å². The highest BCUT2D eigenvalue weighted by atomic mass is 19.1. The van der Waals surface area contributed by atoms with E-state index < -0.39 is 0 Å². The highest BCUT2D eigenvalue weighted by Crippen LogP contribution is 2.40. The fourth-order valence-corrected chi connectivity index (χ4v) is 5.07. The molecule has 0 unspecified atom stereocenters. The van der Waals surface area contributed by atoms with Gasteiger partial charge in [-0.15, -0.1) is 0 Å². The normalized spacial score (nSPS) is 12.4. The molecule has 0 N–H and O–H groups in total. The van der Waals surface area contributed by atoms with E-state index in [0.29, 0.717) is 0 Å². The average molecular weight is 461 g/mol. The van der Waals surface area contributed by atoms with Crippen molar-refractivity contribution >= 4 is 21.5 Å². The number of benzene rings is 5. The Labute approximate surface area is 208 Å². The lowest BCUT2D eigenvalue weighted by Crippen LogP contribution is -2.12. The first kappa shape index (κ1) is 23.3. The molecule has 5 rings (SSSR count). The summed E-state index contributed by atoms with van der Waals surface area (Å²) in [7, 11) is 0. The van der Waals surface area contributed by atoms with Crippen molar-refractivity contribution in [1.82, 2.24) is 0 Å². The van der Waals surface area contributed by atoms with Crippen LogP contribution in [0.15, 0.2) is 91.0 Å². The van der Waals surface area contributed by atoms with E-state index in [9.17, 15) is 4.39 Å². The van der Waals surface area contributed by atoms with Gasteiger partial charge in [0, 0.05) is 0 Å². The summed E-state index contributed by atoms with van der Waals surface area (Å²) in [5.41, 5.74) is 6.91. The third kappa shape index (κ3) is 4.36. The number of hydrogen-bond donors (Lipinski definition) is 0. The lowest BCUT2D eigenvalue weighted by molar-refractivity contribution is 0.578. The topological polar surface area (TPSA) is 0 Å². The maximum atomic E-state index is 14.7. The third-order valence-corrected chi connectivity index (χ3v) is 7.00. The molecule has 0 atom stereocenters. The molecule has 1 heteroatoms. The van der Waals surface area contributed by atoms with Crippen LogP contribution >= 0.6 is 0 Å². The highest BCUT2D eigenvalue weighted by Gasteiger charge is 2.21. The van der Waals surface area contributed by atoms with Crippen LogP contribution in [0.4, 0.5) is 4.39 Å². The van der Waals surface area contributed by atoms with Crippen molar-refractivity contribution in [3.8, 4) is 22.3 Å². The molecule has 5 aromatic carbocycles. The summed E-state index contributed by atoms with van der Waals surface area (Å²) in [6.07, 6.45) is 0. The maximum absolute atomic E-state index is 14.7. The number of rotatable bonds is 2. The first-order valence-corrected chi connectivity index (χ1v) is 12.4. The minimum absolute atomic E-state index is 0.0222. The van der Waals surface area contributed by atoms with Crippen LogP contribution in [-0.4, -0.2) is 0 Å². The number of halogens is 1. The zero-order chi connectivity index (χ0) is 25.0. The van der Waals surface area contributed by atoms with E-state index >= 15 is 0 Å². The van der Waals surface area contributed by atoms with Gasteiger partial charge in [0.1, 0.15) is 5.82 Å². The largest absolute Gasteiger partial charge is 0.207 e. The van der Waals surface area contributed by atoms with E-state index in [1.165, 1.54) is 33.0 Å². The number of fused-ring (bicyclic) bond motifs is 2. The Morgan fingerprint density at radius 2 is 1.26 bits per heavy atom. The van der Waals surface area contributed by atoms with Gasteiger partial charge in [-0.1, -0.05) is 114 Å². The van der Waals surface area contributed by atoms with Crippen LogP contribution in [0.2, 0.25) is 0 Å². The van der Waals surface area contributed by atoms with Crippen LogP contribution in [0.5, 0.6) is 0 Å². The van der Waals surface area contributed by atoms with Crippen molar-refractivity contribution in [3.63, 3.8) is 0 Å². The van der Waals surface area contributed by atoms with E-state index in [2.05, 4.69) is 120 Å². The molecule has 35 heavy (non-hydrogen) atoms. The Kier molecular flexibility index (Phi) is 5.55. The molecule has 0 amide bonds. The Morgan fingerprint density at radius 3 is 2.00 bits per heavy atom. The van der Waals surface area contributed by atoms with Crippen LogP contribution in [-0.2, 0) is 10.8 Å². The predicted molar refractivity (Wildman–Crippen MR) is 150 cm³/mol. The van der Waals surface area contributed by atoms with Crippen LogP contribution in [0, 0.1) is 5.82 Å². The molecule has 0 saturated carbocycles. The van der Waals surface area contributed by atoms with Gasteiger partial charge in [-0.05, 0) is 84.0 Å². The van der Waals surface area contributed by atoms with E-state index in [-0.39, 0.29) is 16.6 Å². The van der Waals surface area contributed by atoms with Gasteiger partial charge >= 0.3 is 0 Å². The van der Waals surface area contributed by atoms with Crippen LogP contribution in [0.1, 0.15) is 52.7 Å².